The van der Waals surface area contributed by atoms with Gasteiger partial charge in [0.25, 0.3) is 0 Å². The highest BCUT2D eigenvalue weighted by Crippen LogP contribution is 2.11. The average Bonchev–Trinajstić information content (AvgIpc) is 2.34. The van der Waals surface area contributed by atoms with E-state index in [2.05, 4.69) is 32.9 Å². The van der Waals surface area contributed by atoms with Crippen LogP contribution in [0.25, 0.3) is 0 Å². The van der Waals surface area contributed by atoms with Gasteiger partial charge in [-0.05, 0) is 38.0 Å². The first-order chi connectivity index (χ1) is 8.77. The molecule has 0 saturated carbocycles. The van der Waals surface area contributed by atoms with E-state index in [1.54, 1.807) is 5.92 Å². The second-order valence-corrected chi connectivity index (χ2v) is 5.83. The van der Waals surface area contributed by atoms with E-state index < -0.39 is 0 Å². The first-order valence-electron chi connectivity index (χ1n) is 8.21. The van der Waals surface area contributed by atoms with E-state index in [9.17, 15) is 0 Å². The van der Waals surface area contributed by atoms with Crippen LogP contribution in [0.15, 0.2) is 12.2 Å². The van der Waals surface area contributed by atoms with E-state index in [0.29, 0.717) is 0 Å². The Morgan fingerprint density at radius 3 is 1.72 bits per heavy atom. The van der Waals surface area contributed by atoms with Gasteiger partial charge in [-0.25, -0.2) is 0 Å². The first kappa shape index (κ1) is 17.7. The number of hydrogen-bond donors (Lipinski definition) is 0. The summed E-state index contributed by atoms with van der Waals surface area (Å²) < 4.78 is 0. The third-order valence-electron chi connectivity index (χ3n) is 3.44. The van der Waals surface area contributed by atoms with Crippen LogP contribution < -0.4 is 0 Å². The van der Waals surface area contributed by atoms with E-state index in [1.807, 2.05) is 0 Å². The monoisotopic (exact) mass is 251 g/mol. The molecule has 0 heterocycles. The predicted octanol–water partition coefficient (Wildman–Crippen LogP) is 6.86. The molecule has 18 heavy (non-hydrogen) atoms. The standard InChI is InChI=1S/C18H35/c1-4-5-6-7-8-9-10-11-12-13-14-15-16-17-18(2)3/h12-13H,4-11,14-17H2,1-3H3/b13-12+. The van der Waals surface area contributed by atoms with Crippen molar-refractivity contribution in [3.63, 3.8) is 0 Å². The lowest BCUT2D eigenvalue weighted by Gasteiger charge is -2.01. The van der Waals surface area contributed by atoms with Gasteiger partial charge in [0.15, 0.2) is 0 Å². The smallest absolute Gasteiger partial charge is 0.0303 e. The van der Waals surface area contributed by atoms with Crippen molar-refractivity contribution in [3.05, 3.63) is 18.1 Å². The quantitative estimate of drug-likeness (QED) is 0.248. The van der Waals surface area contributed by atoms with Gasteiger partial charge in [0.2, 0.25) is 0 Å². The molecule has 0 amide bonds. The maximum absolute atomic E-state index is 2.40. The predicted molar refractivity (Wildman–Crippen MR) is 84.8 cm³/mol. The summed E-state index contributed by atoms with van der Waals surface area (Å²) in [4.78, 5) is 0. The highest BCUT2D eigenvalue weighted by molar-refractivity contribution is 4.82. The Labute approximate surface area is 116 Å². The van der Waals surface area contributed by atoms with E-state index in [0.717, 1.165) is 0 Å². The summed E-state index contributed by atoms with van der Waals surface area (Å²) in [5.41, 5.74) is 0. The van der Waals surface area contributed by atoms with Crippen LogP contribution in [0.5, 0.6) is 0 Å². The maximum atomic E-state index is 2.40. The lowest BCUT2D eigenvalue weighted by molar-refractivity contribution is 0.592. The van der Waals surface area contributed by atoms with Crippen LogP contribution in [0, 0.1) is 5.92 Å². The van der Waals surface area contributed by atoms with Crippen molar-refractivity contribution < 1.29 is 0 Å². The molecular weight excluding hydrogens is 216 g/mol. The summed E-state index contributed by atoms with van der Waals surface area (Å²) in [7, 11) is 0. The third kappa shape index (κ3) is 15.7. The minimum absolute atomic E-state index is 1.28. The SMILES string of the molecule is CCCCCCCCC/C=C/CCCC[C](C)C. The minimum atomic E-state index is 1.28. The van der Waals surface area contributed by atoms with Crippen molar-refractivity contribution in [3.8, 4) is 0 Å². The number of rotatable bonds is 13. The van der Waals surface area contributed by atoms with E-state index >= 15 is 0 Å². The summed E-state index contributed by atoms with van der Waals surface area (Å²) in [5.74, 6) is 1.57. The van der Waals surface area contributed by atoms with Crippen molar-refractivity contribution >= 4 is 0 Å². The lowest BCUT2D eigenvalue weighted by Crippen LogP contribution is -1.83. The molecule has 0 aliphatic heterocycles. The third-order valence-corrected chi connectivity index (χ3v) is 3.44. The fourth-order valence-corrected chi connectivity index (χ4v) is 2.20. The molecule has 0 aromatic heterocycles. The van der Waals surface area contributed by atoms with Gasteiger partial charge in [0.1, 0.15) is 0 Å². The van der Waals surface area contributed by atoms with E-state index in [-0.39, 0.29) is 0 Å². The molecule has 0 nitrogen and oxygen atoms in total. The number of unbranched alkanes of at least 4 members (excludes halogenated alkanes) is 9. The molecule has 0 saturated heterocycles. The van der Waals surface area contributed by atoms with Crippen LogP contribution in [0.2, 0.25) is 0 Å². The van der Waals surface area contributed by atoms with Gasteiger partial charge in [0.05, 0.1) is 0 Å². The van der Waals surface area contributed by atoms with Gasteiger partial charge in [-0.15, -0.1) is 0 Å². The summed E-state index contributed by atoms with van der Waals surface area (Å²) in [5, 5.41) is 0. The summed E-state index contributed by atoms with van der Waals surface area (Å²) in [6.45, 7) is 6.75. The van der Waals surface area contributed by atoms with Crippen LogP contribution in [-0.2, 0) is 0 Å². The molecule has 0 aromatic carbocycles. The van der Waals surface area contributed by atoms with Crippen LogP contribution in [-0.4, -0.2) is 0 Å². The molecule has 1 radical (unpaired) electrons. The Kier molecular flexibility index (Phi) is 14.6. The van der Waals surface area contributed by atoms with Crippen LogP contribution in [0.4, 0.5) is 0 Å². The Balaban J connectivity index is 3.04. The van der Waals surface area contributed by atoms with E-state index in [1.165, 1.54) is 77.0 Å². The topological polar surface area (TPSA) is 0 Å². The van der Waals surface area contributed by atoms with Gasteiger partial charge in [-0.3, -0.25) is 0 Å². The lowest BCUT2D eigenvalue weighted by atomic mass is 10.0. The molecule has 0 N–H and O–H groups in total. The molecular formula is C18H35. The molecule has 0 unspecified atom stereocenters. The maximum Gasteiger partial charge on any atom is -0.0303 e. The van der Waals surface area contributed by atoms with Crippen LogP contribution >= 0.6 is 0 Å². The first-order valence-corrected chi connectivity index (χ1v) is 8.21. The molecule has 0 atom stereocenters. The molecule has 0 aliphatic carbocycles. The summed E-state index contributed by atoms with van der Waals surface area (Å²) in [6, 6.07) is 0. The van der Waals surface area contributed by atoms with Gasteiger partial charge in [0, 0.05) is 0 Å². The zero-order valence-electron chi connectivity index (χ0n) is 13.1. The van der Waals surface area contributed by atoms with Crippen molar-refractivity contribution in [1.29, 1.82) is 0 Å². The number of allylic oxidation sites excluding steroid dienone is 2. The van der Waals surface area contributed by atoms with Crippen molar-refractivity contribution in [2.45, 2.75) is 97.8 Å². The van der Waals surface area contributed by atoms with Crippen molar-refractivity contribution in [2.24, 2.45) is 0 Å². The summed E-state index contributed by atoms with van der Waals surface area (Å²) in [6.07, 6.45) is 21.3. The van der Waals surface area contributed by atoms with Gasteiger partial charge in [-0.1, -0.05) is 77.9 Å². The largest absolute Gasteiger partial charge is 0.0885 e. The summed E-state index contributed by atoms with van der Waals surface area (Å²) >= 11 is 0. The second kappa shape index (κ2) is 14.8. The van der Waals surface area contributed by atoms with Crippen LogP contribution in [0.1, 0.15) is 97.8 Å². The molecule has 107 valence electrons. The Morgan fingerprint density at radius 1 is 0.667 bits per heavy atom. The van der Waals surface area contributed by atoms with Crippen molar-refractivity contribution in [2.75, 3.05) is 0 Å². The zero-order valence-corrected chi connectivity index (χ0v) is 13.1. The van der Waals surface area contributed by atoms with Gasteiger partial charge >= 0.3 is 0 Å². The Hall–Kier alpha value is -0.260. The molecule has 0 fully saturated rings. The second-order valence-electron chi connectivity index (χ2n) is 5.83. The molecule has 0 spiro atoms. The van der Waals surface area contributed by atoms with Gasteiger partial charge < -0.3 is 0 Å². The zero-order chi connectivity index (χ0) is 13.5. The molecule has 0 aliphatic rings. The van der Waals surface area contributed by atoms with Crippen molar-refractivity contribution in [1.82, 2.24) is 0 Å². The normalized spacial score (nSPS) is 11.8. The number of hydrogen-bond acceptors (Lipinski definition) is 0. The van der Waals surface area contributed by atoms with Gasteiger partial charge in [-0.2, -0.15) is 0 Å². The fourth-order valence-electron chi connectivity index (χ4n) is 2.20. The Bertz CT molecular complexity index is 167. The molecule has 0 heteroatoms. The average molecular weight is 251 g/mol. The highest BCUT2D eigenvalue weighted by atomic mass is 14.0. The minimum Gasteiger partial charge on any atom is -0.0885 e. The molecule has 0 aromatic rings. The highest BCUT2D eigenvalue weighted by Gasteiger charge is 1.93. The fraction of sp³-hybridized carbons (Fsp3) is 0.833. The molecule has 0 rings (SSSR count). The molecule has 0 bridgehead atoms. The Morgan fingerprint density at radius 2 is 1.17 bits per heavy atom. The van der Waals surface area contributed by atoms with Crippen LogP contribution in [0.3, 0.4) is 0 Å². The van der Waals surface area contributed by atoms with E-state index in [4.69, 9.17) is 0 Å².